The van der Waals surface area contributed by atoms with Crippen molar-refractivity contribution in [2.45, 2.75) is 50.9 Å². The molecule has 3 unspecified atom stereocenters. The van der Waals surface area contributed by atoms with E-state index in [1.54, 1.807) is 36.4 Å². The molecule has 3 aromatic rings. The average Bonchev–Trinajstić information content (AvgIpc) is 3.47. The van der Waals surface area contributed by atoms with Crippen LogP contribution in [0, 0.1) is 5.95 Å². The summed E-state index contributed by atoms with van der Waals surface area (Å²) in [6, 6.07) is 10.6. The summed E-state index contributed by atoms with van der Waals surface area (Å²) in [6.45, 7) is 3.55. The maximum atomic E-state index is 14.7. The number of hydrogen-bond donors (Lipinski definition) is 1. The van der Waals surface area contributed by atoms with E-state index in [-0.39, 0.29) is 31.2 Å². The standard InChI is InChI=1S/C25H26F2N4O3/c1-15(2)18-8-9-19(29-24(18)27)23(16-6-4-3-5-7-16)30-25(33)20-12-17(26)14-31(20)22(32)13-21-28-10-11-34-21/h3-11,15,17,20,23H,12-14H2,1-2H3,(H,30,33). The molecule has 0 radical (unpaired) electrons. The van der Waals surface area contributed by atoms with Gasteiger partial charge in [0.05, 0.1) is 24.5 Å². The molecule has 1 N–H and O–H groups in total. The number of benzene rings is 1. The van der Waals surface area contributed by atoms with Gasteiger partial charge in [-0.1, -0.05) is 50.2 Å². The number of alkyl halides is 1. The number of nitrogens with zero attached hydrogens (tertiary/aromatic N) is 3. The molecule has 178 valence electrons. The van der Waals surface area contributed by atoms with Gasteiger partial charge < -0.3 is 14.6 Å². The van der Waals surface area contributed by atoms with Crippen LogP contribution in [-0.4, -0.2) is 45.4 Å². The van der Waals surface area contributed by atoms with Crippen molar-refractivity contribution in [3.63, 3.8) is 0 Å². The van der Waals surface area contributed by atoms with Crippen molar-refractivity contribution in [3.05, 3.63) is 83.6 Å². The number of oxazole rings is 1. The smallest absolute Gasteiger partial charge is 0.243 e. The number of nitrogens with one attached hydrogen (secondary N) is 1. The van der Waals surface area contributed by atoms with Gasteiger partial charge in [0.15, 0.2) is 0 Å². The highest BCUT2D eigenvalue weighted by Crippen LogP contribution is 2.27. The first-order chi connectivity index (χ1) is 16.3. The molecule has 0 aliphatic carbocycles. The number of aromatic nitrogens is 2. The third-order valence-electron chi connectivity index (χ3n) is 5.90. The average molecular weight is 469 g/mol. The number of pyridine rings is 1. The summed E-state index contributed by atoms with van der Waals surface area (Å²) in [4.78, 5) is 35.3. The number of amides is 2. The molecule has 3 heterocycles. The van der Waals surface area contributed by atoms with Gasteiger partial charge in [0.1, 0.15) is 24.9 Å². The zero-order valence-electron chi connectivity index (χ0n) is 18.9. The first-order valence-electron chi connectivity index (χ1n) is 11.2. The lowest BCUT2D eigenvalue weighted by Gasteiger charge is -2.26. The molecule has 1 aliphatic heterocycles. The highest BCUT2D eigenvalue weighted by atomic mass is 19.1. The molecule has 0 bridgehead atoms. The predicted molar refractivity (Wildman–Crippen MR) is 120 cm³/mol. The minimum absolute atomic E-state index is 0.0467. The zero-order valence-corrected chi connectivity index (χ0v) is 18.9. The van der Waals surface area contributed by atoms with Crippen LogP contribution >= 0.6 is 0 Å². The molecule has 1 aliphatic rings. The Labute approximate surface area is 196 Å². The Bertz CT molecular complexity index is 1140. The fourth-order valence-electron chi connectivity index (χ4n) is 4.14. The van der Waals surface area contributed by atoms with Crippen molar-refractivity contribution in [1.82, 2.24) is 20.2 Å². The van der Waals surface area contributed by atoms with Gasteiger partial charge in [0.2, 0.25) is 23.7 Å². The molecule has 9 heteroatoms. The number of carbonyl (C=O) groups is 2. The third-order valence-corrected chi connectivity index (χ3v) is 5.90. The summed E-state index contributed by atoms with van der Waals surface area (Å²) in [7, 11) is 0. The van der Waals surface area contributed by atoms with E-state index < -0.39 is 36.0 Å². The van der Waals surface area contributed by atoms with Crippen molar-refractivity contribution >= 4 is 11.8 Å². The van der Waals surface area contributed by atoms with E-state index in [0.717, 1.165) is 0 Å². The molecule has 0 saturated carbocycles. The van der Waals surface area contributed by atoms with E-state index in [9.17, 15) is 18.4 Å². The largest absolute Gasteiger partial charge is 0.448 e. The van der Waals surface area contributed by atoms with Gasteiger partial charge in [0.25, 0.3) is 0 Å². The first-order valence-corrected chi connectivity index (χ1v) is 11.2. The molecule has 7 nitrogen and oxygen atoms in total. The first kappa shape index (κ1) is 23.5. The second kappa shape index (κ2) is 10.1. The Morgan fingerprint density at radius 2 is 1.97 bits per heavy atom. The van der Waals surface area contributed by atoms with Crippen LogP contribution in [0.4, 0.5) is 8.78 Å². The summed E-state index contributed by atoms with van der Waals surface area (Å²) in [5.41, 5.74) is 1.47. The summed E-state index contributed by atoms with van der Waals surface area (Å²) < 4.78 is 34.1. The molecule has 2 amide bonds. The second-order valence-electron chi connectivity index (χ2n) is 8.62. The summed E-state index contributed by atoms with van der Waals surface area (Å²) in [5.74, 6) is -1.45. The zero-order chi connectivity index (χ0) is 24.2. The predicted octanol–water partition coefficient (Wildman–Crippen LogP) is 3.72. The molecule has 3 atom stereocenters. The lowest BCUT2D eigenvalue weighted by molar-refractivity contribution is -0.138. The lowest BCUT2D eigenvalue weighted by atomic mass is 9.99. The van der Waals surface area contributed by atoms with Crippen LogP contribution in [0.5, 0.6) is 0 Å². The minimum Gasteiger partial charge on any atom is -0.448 e. The van der Waals surface area contributed by atoms with Crippen LogP contribution in [0.3, 0.4) is 0 Å². The number of hydrogen-bond acceptors (Lipinski definition) is 5. The van der Waals surface area contributed by atoms with E-state index in [1.807, 2.05) is 19.9 Å². The molecule has 1 aromatic carbocycles. The van der Waals surface area contributed by atoms with Gasteiger partial charge in [-0.25, -0.2) is 14.4 Å². The topological polar surface area (TPSA) is 88.3 Å². The Morgan fingerprint density at radius 1 is 1.21 bits per heavy atom. The van der Waals surface area contributed by atoms with Crippen molar-refractivity contribution in [1.29, 1.82) is 0 Å². The fraction of sp³-hybridized carbons (Fsp3) is 0.360. The van der Waals surface area contributed by atoms with E-state index in [2.05, 4.69) is 15.3 Å². The van der Waals surface area contributed by atoms with Gasteiger partial charge in [-0.15, -0.1) is 0 Å². The SMILES string of the molecule is CC(C)c1ccc(C(NC(=O)C2CC(F)CN2C(=O)Cc2ncco2)c2ccccc2)nc1F. The highest BCUT2D eigenvalue weighted by molar-refractivity contribution is 5.89. The number of rotatable bonds is 7. The minimum atomic E-state index is -1.33. The number of carbonyl (C=O) groups excluding carboxylic acids is 2. The van der Waals surface area contributed by atoms with Gasteiger partial charge in [0, 0.05) is 12.0 Å². The molecule has 1 saturated heterocycles. The van der Waals surface area contributed by atoms with Gasteiger partial charge in [-0.05, 0) is 17.5 Å². The van der Waals surface area contributed by atoms with Gasteiger partial charge >= 0.3 is 0 Å². The monoisotopic (exact) mass is 468 g/mol. The quantitative estimate of drug-likeness (QED) is 0.534. The van der Waals surface area contributed by atoms with Crippen molar-refractivity contribution in [2.75, 3.05) is 6.54 Å². The van der Waals surface area contributed by atoms with Crippen molar-refractivity contribution in [3.8, 4) is 0 Å². The third kappa shape index (κ3) is 5.13. The highest BCUT2D eigenvalue weighted by Gasteiger charge is 2.40. The Kier molecular flexibility index (Phi) is 7.00. The molecular weight excluding hydrogens is 442 g/mol. The normalized spacial score (nSPS) is 18.8. The van der Waals surface area contributed by atoms with E-state index in [0.29, 0.717) is 16.8 Å². The van der Waals surface area contributed by atoms with Gasteiger partial charge in [-0.3, -0.25) is 9.59 Å². The maximum absolute atomic E-state index is 14.7. The fourth-order valence-corrected chi connectivity index (χ4v) is 4.14. The number of likely N-dealkylation sites (tertiary alicyclic amines) is 1. The van der Waals surface area contributed by atoms with Crippen LogP contribution < -0.4 is 5.32 Å². The molecule has 4 rings (SSSR count). The summed E-state index contributed by atoms with van der Waals surface area (Å²) >= 11 is 0. The lowest BCUT2D eigenvalue weighted by Crippen LogP contribution is -2.47. The van der Waals surface area contributed by atoms with Crippen LogP contribution in [-0.2, 0) is 16.0 Å². The van der Waals surface area contributed by atoms with Crippen LogP contribution in [0.25, 0.3) is 0 Å². The second-order valence-corrected chi connectivity index (χ2v) is 8.62. The van der Waals surface area contributed by atoms with E-state index in [4.69, 9.17) is 4.42 Å². The Hall–Kier alpha value is -3.62. The van der Waals surface area contributed by atoms with Crippen LogP contribution in [0.2, 0.25) is 0 Å². The molecule has 1 fully saturated rings. The summed E-state index contributed by atoms with van der Waals surface area (Å²) in [5, 5.41) is 2.86. The van der Waals surface area contributed by atoms with Crippen LogP contribution in [0.15, 0.2) is 59.3 Å². The number of halogens is 2. The van der Waals surface area contributed by atoms with Crippen molar-refractivity contribution < 1.29 is 22.8 Å². The maximum Gasteiger partial charge on any atom is 0.243 e. The Morgan fingerprint density at radius 3 is 2.62 bits per heavy atom. The van der Waals surface area contributed by atoms with E-state index >= 15 is 0 Å². The van der Waals surface area contributed by atoms with Crippen molar-refractivity contribution in [2.24, 2.45) is 0 Å². The van der Waals surface area contributed by atoms with Crippen LogP contribution in [0.1, 0.15) is 54.9 Å². The molecule has 0 spiro atoms. The molecular formula is C25H26F2N4O3. The van der Waals surface area contributed by atoms with E-state index in [1.165, 1.54) is 17.4 Å². The summed E-state index contributed by atoms with van der Waals surface area (Å²) in [6.07, 6.45) is 1.12. The molecule has 2 aromatic heterocycles. The molecule has 34 heavy (non-hydrogen) atoms. The van der Waals surface area contributed by atoms with Gasteiger partial charge in [-0.2, -0.15) is 4.39 Å². The Balaban J connectivity index is 1.59.